The molecule has 0 saturated heterocycles. The van der Waals surface area contributed by atoms with Crippen molar-refractivity contribution in [3.05, 3.63) is 92.5 Å². The summed E-state index contributed by atoms with van der Waals surface area (Å²) in [5.74, 6) is -0.632. The highest BCUT2D eigenvalue weighted by Crippen LogP contribution is 2.34. The lowest BCUT2D eigenvalue weighted by molar-refractivity contribution is -0.137. The monoisotopic (exact) mass is 498 g/mol. The van der Waals surface area contributed by atoms with Gasteiger partial charge in [-0.2, -0.15) is 18.3 Å². The Kier molecular flexibility index (Phi) is 5.43. The van der Waals surface area contributed by atoms with Crippen molar-refractivity contribution in [3.8, 4) is 5.69 Å². The predicted octanol–water partition coefficient (Wildman–Crippen LogP) is 5.09. The number of fused-ring (bicyclic) bond motifs is 2. The van der Waals surface area contributed by atoms with Crippen LogP contribution in [0.5, 0.6) is 0 Å². The van der Waals surface area contributed by atoms with Gasteiger partial charge in [-0.15, -0.1) is 11.3 Å². The van der Waals surface area contributed by atoms with Crippen LogP contribution in [0.1, 0.15) is 32.2 Å². The van der Waals surface area contributed by atoms with Crippen LogP contribution in [-0.4, -0.2) is 25.1 Å². The van der Waals surface area contributed by atoms with E-state index in [1.165, 1.54) is 27.3 Å². The molecule has 0 N–H and O–H groups in total. The van der Waals surface area contributed by atoms with Crippen LogP contribution < -0.4 is 5.56 Å². The Morgan fingerprint density at radius 3 is 2.69 bits per heavy atom. The molecule has 0 saturated carbocycles. The van der Waals surface area contributed by atoms with Crippen molar-refractivity contribution < 1.29 is 22.7 Å². The fourth-order valence-corrected chi connectivity index (χ4v) is 4.76. The molecule has 11 heteroatoms. The van der Waals surface area contributed by atoms with Gasteiger partial charge in [-0.05, 0) is 49.7 Å². The van der Waals surface area contributed by atoms with E-state index in [4.69, 9.17) is 4.74 Å². The summed E-state index contributed by atoms with van der Waals surface area (Å²) in [7, 11) is 0. The Morgan fingerprint density at radius 2 is 1.91 bits per heavy atom. The summed E-state index contributed by atoms with van der Waals surface area (Å²) in [6, 6.07) is 11.3. The predicted molar refractivity (Wildman–Crippen MR) is 124 cm³/mol. The van der Waals surface area contributed by atoms with E-state index in [0.29, 0.717) is 27.3 Å². The van der Waals surface area contributed by atoms with E-state index in [-0.39, 0.29) is 22.7 Å². The minimum absolute atomic E-state index is 0.203. The van der Waals surface area contributed by atoms with Gasteiger partial charge in [-0.3, -0.25) is 9.20 Å². The quantitative estimate of drug-likeness (QED) is 0.323. The van der Waals surface area contributed by atoms with Gasteiger partial charge in [0.2, 0.25) is 0 Å². The number of ether oxygens (including phenoxy) is 1. The van der Waals surface area contributed by atoms with Gasteiger partial charge in [0, 0.05) is 17.6 Å². The highest BCUT2D eigenvalue weighted by atomic mass is 32.1. The summed E-state index contributed by atoms with van der Waals surface area (Å²) in [4.78, 5) is 30.2. The molecule has 0 fully saturated rings. The lowest BCUT2D eigenvalue weighted by Crippen LogP contribution is -2.16. The van der Waals surface area contributed by atoms with E-state index in [2.05, 4.69) is 10.1 Å². The van der Waals surface area contributed by atoms with E-state index in [1.54, 1.807) is 25.3 Å². The van der Waals surface area contributed by atoms with Crippen LogP contribution in [0.15, 0.2) is 59.5 Å². The Labute approximate surface area is 200 Å². The van der Waals surface area contributed by atoms with Crippen LogP contribution in [0.4, 0.5) is 13.2 Å². The molecule has 0 aliphatic rings. The zero-order chi connectivity index (χ0) is 24.9. The Balaban J connectivity index is 1.41. The number of aryl methyl sites for hydroxylation is 2. The van der Waals surface area contributed by atoms with Crippen LogP contribution in [0.3, 0.4) is 0 Å². The molecule has 0 amide bonds. The van der Waals surface area contributed by atoms with Crippen LogP contribution in [-0.2, 0) is 17.5 Å². The van der Waals surface area contributed by atoms with Gasteiger partial charge < -0.3 is 4.74 Å². The topological polar surface area (TPSA) is 78.5 Å². The van der Waals surface area contributed by atoms with Crippen molar-refractivity contribution in [1.29, 1.82) is 0 Å². The molecule has 0 bridgehead atoms. The number of halogens is 3. The van der Waals surface area contributed by atoms with Crippen LogP contribution in [0.2, 0.25) is 0 Å². The fourth-order valence-electron chi connectivity index (χ4n) is 3.68. The van der Waals surface area contributed by atoms with Crippen LogP contribution >= 0.6 is 11.3 Å². The number of hydrogen-bond donors (Lipinski definition) is 0. The molecule has 35 heavy (non-hydrogen) atoms. The van der Waals surface area contributed by atoms with Crippen LogP contribution in [0, 0.1) is 13.8 Å². The number of rotatable bonds is 4. The molecule has 0 aliphatic carbocycles. The molecule has 178 valence electrons. The maximum atomic E-state index is 13.2. The second-order valence-corrected chi connectivity index (χ2v) is 9.00. The summed E-state index contributed by atoms with van der Waals surface area (Å²) < 4.78 is 47.6. The highest BCUT2D eigenvalue weighted by molar-refractivity contribution is 7.20. The van der Waals surface area contributed by atoms with E-state index in [1.807, 2.05) is 13.0 Å². The number of thiophene rings is 1. The summed E-state index contributed by atoms with van der Waals surface area (Å²) in [6.07, 6.45) is -2.81. The minimum atomic E-state index is -4.49. The summed E-state index contributed by atoms with van der Waals surface area (Å²) in [6.45, 7) is 3.37. The standard InChI is InChI=1S/C24H17F3N4O3S/c1-13-6-7-20-28-16(9-21(32)30(20)11-13)12-34-23(33)19-10-18-14(2)29-31(22(18)35-19)17-5-3-4-15(8-17)24(25,26)27/h3-11H,12H2,1-2H3. The number of hydrogen-bond acceptors (Lipinski definition) is 6. The average Bonchev–Trinajstić information content (AvgIpc) is 3.38. The molecule has 0 unspecified atom stereocenters. The second-order valence-electron chi connectivity index (χ2n) is 7.97. The number of esters is 1. The minimum Gasteiger partial charge on any atom is -0.455 e. The molecule has 0 aliphatic heterocycles. The Morgan fingerprint density at radius 1 is 1.11 bits per heavy atom. The van der Waals surface area contributed by atoms with Crippen molar-refractivity contribution in [3.63, 3.8) is 0 Å². The number of carbonyl (C=O) groups excluding carboxylic acids is 1. The average molecular weight is 498 g/mol. The first kappa shape index (κ1) is 22.8. The van der Waals surface area contributed by atoms with Gasteiger partial charge in [-0.25, -0.2) is 14.5 Å². The molecule has 5 aromatic rings. The molecule has 5 rings (SSSR count). The number of aromatic nitrogens is 4. The Hall–Kier alpha value is -3.99. The van der Waals surface area contributed by atoms with E-state index in [0.717, 1.165) is 29.0 Å². The van der Waals surface area contributed by atoms with Crippen molar-refractivity contribution in [2.45, 2.75) is 26.6 Å². The second kappa shape index (κ2) is 8.35. The third-order valence-corrected chi connectivity index (χ3v) is 6.47. The zero-order valence-electron chi connectivity index (χ0n) is 18.5. The number of carbonyl (C=O) groups is 1. The third kappa shape index (κ3) is 4.30. The number of pyridine rings is 1. The van der Waals surface area contributed by atoms with Gasteiger partial charge in [0.15, 0.2) is 0 Å². The normalized spacial score (nSPS) is 11.9. The van der Waals surface area contributed by atoms with Crippen molar-refractivity contribution in [2.75, 3.05) is 0 Å². The first-order valence-corrected chi connectivity index (χ1v) is 11.2. The van der Waals surface area contributed by atoms with Crippen LogP contribution in [0.25, 0.3) is 21.6 Å². The molecule has 7 nitrogen and oxygen atoms in total. The van der Waals surface area contributed by atoms with E-state index < -0.39 is 17.7 Å². The molecule has 0 spiro atoms. The van der Waals surface area contributed by atoms with Gasteiger partial charge in [-0.1, -0.05) is 12.1 Å². The highest BCUT2D eigenvalue weighted by Gasteiger charge is 2.31. The summed E-state index contributed by atoms with van der Waals surface area (Å²) in [5, 5.41) is 4.98. The molecular weight excluding hydrogens is 481 g/mol. The summed E-state index contributed by atoms with van der Waals surface area (Å²) in [5.41, 5.74) is 1.37. The first-order valence-electron chi connectivity index (χ1n) is 10.4. The molecule has 0 radical (unpaired) electrons. The molecular formula is C24H17F3N4O3S. The molecule has 4 aromatic heterocycles. The van der Waals surface area contributed by atoms with Gasteiger partial charge in [0.1, 0.15) is 22.0 Å². The number of nitrogens with zero attached hydrogens (tertiary/aromatic N) is 4. The Bertz CT molecular complexity index is 1670. The fraction of sp³-hybridized carbons (Fsp3) is 0.167. The number of benzene rings is 1. The lowest BCUT2D eigenvalue weighted by Gasteiger charge is -2.09. The number of alkyl halides is 3. The third-order valence-electron chi connectivity index (χ3n) is 5.38. The zero-order valence-corrected chi connectivity index (χ0v) is 19.3. The van der Waals surface area contributed by atoms with E-state index >= 15 is 0 Å². The van der Waals surface area contributed by atoms with E-state index in [9.17, 15) is 22.8 Å². The van der Waals surface area contributed by atoms with Gasteiger partial charge in [0.05, 0.1) is 22.6 Å². The smallest absolute Gasteiger partial charge is 0.416 e. The largest absolute Gasteiger partial charge is 0.455 e. The molecule has 0 atom stereocenters. The first-order chi connectivity index (χ1) is 16.6. The SMILES string of the molecule is Cc1ccc2nc(COC(=O)c3cc4c(C)nn(-c5cccc(C(F)(F)F)c5)c4s3)cc(=O)n2c1. The van der Waals surface area contributed by atoms with Gasteiger partial charge >= 0.3 is 12.1 Å². The van der Waals surface area contributed by atoms with Crippen molar-refractivity contribution in [1.82, 2.24) is 19.2 Å². The lowest BCUT2D eigenvalue weighted by atomic mass is 10.2. The molecule has 1 aromatic carbocycles. The molecule has 4 heterocycles. The summed E-state index contributed by atoms with van der Waals surface area (Å²) >= 11 is 1.06. The van der Waals surface area contributed by atoms with Crippen molar-refractivity contribution >= 4 is 33.2 Å². The van der Waals surface area contributed by atoms with Gasteiger partial charge in [0.25, 0.3) is 5.56 Å². The maximum Gasteiger partial charge on any atom is 0.416 e. The maximum absolute atomic E-state index is 13.2. The van der Waals surface area contributed by atoms with Crippen molar-refractivity contribution in [2.24, 2.45) is 0 Å².